The molecule has 0 spiro atoms. The van der Waals surface area contributed by atoms with Crippen LogP contribution in [0.5, 0.6) is 0 Å². The summed E-state index contributed by atoms with van der Waals surface area (Å²) < 4.78 is 16.2. The molecule has 0 bridgehead atoms. The number of carbonyl (C=O) groups excluding carboxylic acids is 3. The minimum absolute atomic E-state index is 0.364. The molecule has 1 fully saturated rings. The van der Waals surface area contributed by atoms with Crippen molar-refractivity contribution in [2.45, 2.75) is 142 Å². The van der Waals surface area contributed by atoms with Gasteiger partial charge in [0.15, 0.2) is 5.92 Å². The Morgan fingerprint density at radius 1 is 0.732 bits per heavy atom. The van der Waals surface area contributed by atoms with Crippen molar-refractivity contribution in [3.63, 3.8) is 0 Å². The standard InChI is InChI=1S/C34H53NO6/c1-4-7-8-9-10-11-12-13-14-15-16-17-18-19-20-21-26-39-31(36)28-22-24-29(25-23-28)35-27-30-32(37)40-34(5-2,6-3)41-33(30)38/h22-25,27,30H,4-21,26H2,1-3H3. The second-order valence-corrected chi connectivity index (χ2v) is 11.2. The van der Waals surface area contributed by atoms with E-state index in [9.17, 15) is 14.4 Å². The first kappa shape index (κ1) is 34.5. The molecule has 0 aliphatic carbocycles. The summed E-state index contributed by atoms with van der Waals surface area (Å²) in [6.45, 7) is 6.28. The summed E-state index contributed by atoms with van der Waals surface area (Å²) in [5.74, 6) is -4.08. The van der Waals surface area contributed by atoms with Crippen LogP contribution in [0.25, 0.3) is 0 Å². The summed E-state index contributed by atoms with van der Waals surface area (Å²) in [5.41, 5.74) is 0.940. The third-order valence-corrected chi connectivity index (χ3v) is 7.87. The van der Waals surface area contributed by atoms with Crippen LogP contribution < -0.4 is 0 Å². The molecule has 1 heterocycles. The van der Waals surface area contributed by atoms with Crippen LogP contribution in [-0.2, 0) is 23.8 Å². The van der Waals surface area contributed by atoms with Crippen LogP contribution in [0.1, 0.15) is 147 Å². The molecule has 1 saturated heterocycles. The minimum atomic E-state index is -1.20. The van der Waals surface area contributed by atoms with Crippen molar-refractivity contribution in [3.8, 4) is 0 Å². The van der Waals surface area contributed by atoms with E-state index in [1.165, 1.54) is 96.1 Å². The maximum absolute atomic E-state index is 12.3. The molecule has 0 atom stereocenters. The first-order valence-corrected chi connectivity index (χ1v) is 16.2. The highest BCUT2D eigenvalue weighted by Gasteiger charge is 2.46. The van der Waals surface area contributed by atoms with Gasteiger partial charge in [-0.05, 0) is 30.7 Å². The van der Waals surface area contributed by atoms with E-state index in [-0.39, 0.29) is 5.97 Å². The lowest BCUT2D eigenvalue weighted by molar-refractivity contribution is -0.250. The minimum Gasteiger partial charge on any atom is -0.462 e. The fourth-order valence-corrected chi connectivity index (χ4v) is 5.01. The van der Waals surface area contributed by atoms with Crippen LogP contribution in [0, 0.1) is 5.92 Å². The van der Waals surface area contributed by atoms with Crippen LogP contribution in [0.2, 0.25) is 0 Å². The van der Waals surface area contributed by atoms with E-state index in [1.807, 2.05) is 0 Å². The number of hydrogen-bond donors (Lipinski definition) is 0. The van der Waals surface area contributed by atoms with E-state index in [4.69, 9.17) is 14.2 Å². The topological polar surface area (TPSA) is 91.3 Å². The number of rotatable bonds is 22. The number of benzene rings is 1. The summed E-state index contributed by atoms with van der Waals surface area (Å²) in [5, 5.41) is 0. The van der Waals surface area contributed by atoms with Gasteiger partial charge in [0.1, 0.15) is 0 Å². The molecule has 7 heteroatoms. The van der Waals surface area contributed by atoms with Crippen molar-refractivity contribution >= 4 is 29.8 Å². The predicted octanol–water partition coefficient (Wildman–Crippen LogP) is 9.04. The average Bonchev–Trinajstić information content (AvgIpc) is 2.98. The summed E-state index contributed by atoms with van der Waals surface area (Å²) >= 11 is 0. The summed E-state index contributed by atoms with van der Waals surface area (Å²) in [6, 6.07) is 6.53. The molecule has 0 N–H and O–H groups in total. The molecule has 1 aromatic carbocycles. The number of carbonyl (C=O) groups is 3. The van der Waals surface area contributed by atoms with Crippen LogP contribution in [0.15, 0.2) is 29.3 Å². The van der Waals surface area contributed by atoms with E-state index in [0.29, 0.717) is 30.7 Å². The number of nitrogens with zero attached hydrogens (tertiary/aromatic N) is 1. The molecule has 1 aromatic rings. The lowest BCUT2D eigenvalue weighted by Gasteiger charge is -2.36. The Hall–Kier alpha value is -2.70. The van der Waals surface area contributed by atoms with Crippen LogP contribution in [0.4, 0.5) is 5.69 Å². The van der Waals surface area contributed by atoms with Gasteiger partial charge in [-0.2, -0.15) is 0 Å². The zero-order valence-electron chi connectivity index (χ0n) is 25.8. The molecule has 1 aliphatic rings. The first-order chi connectivity index (χ1) is 19.9. The van der Waals surface area contributed by atoms with Gasteiger partial charge in [0.2, 0.25) is 0 Å². The third-order valence-electron chi connectivity index (χ3n) is 7.87. The average molecular weight is 572 g/mol. The molecule has 230 valence electrons. The maximum atomic E-state index is 12.3. The highest BCUT2D eigenvalue weighted by atomic mass is 16.7. The zero-order chi connectivity index (χ0) is 29.8. The number of unbranched alkanes of at least 4 members (excludes halogenated alkanes) is 15. The Kier molecular flexibility index (Phi) is 17.0. The second kappa shape index (κ2) is 20.2. The maximum Gasteiger partial charge on any atom is 0.338 e. The van der Waals surface area contributed by atoms with Crippen molar-refractivity contribution in [1.82, 2.24) is 0 Å². The molecule has 2 rings (SSSR count). The first-order valence-electron chi connectivity index (χ1n) is 16.2. The number of cyclic esters (lactones) is 2. The van der Waals surface area contributed by atoms with Crippen molar-refractivity contribution in [3.05, 3.63) is 29.8 Å². The number of ether oxygens (including phenoxy) is 3. The molecular weight excluding hydrogens is 518 g/mol. The van der Waals surface area contributed by atoms with Crippen molar-refractivity contribution in [1.29, 1.82) is 0 Å². The number of hydrogen-bond acceptors (Lipinski definition) is 7. The van der Waals surface area contributed by atoms with Gasteiger partial charge in [-0.15, -0.1) is 0 Å². The fourth-order valence-electron chi connectivity index (χ4n) is 5.01. The summed E-state index contributed by atoms with van der Waals surface area (Å²) in [7, 11) is 0. The largest absolute Gasteiger partial charge is 0.462 e. The molecule has 41 heavy (non-hydrogen) atoms. The summed E-state index contributed by atoms with van der Waals surface area (Å²) in [6.07, 6.45) is 22.9. The Bertz CT molecular complexity index is 902. The Balaban J connectivity index is 1.52. The molecule has 1 aliphatic heterocycles. The van der Waals surface area contributed by atoms with E-state index < -0.39 is 23.6 Å². The van der Waals surface area contributed by atoms with Gasteiger partial charge in [-0.25, -0.2) is 4.79 Å². The zero-order valence-corrected chi connectivity index (χ0v) is 25.8. The van der Waals surface area contributed by atoms with Crippen LogP contribution >= 0.6 is 0 Å². The monoisotopic (exact) mass is 571 g/mol. The highest BCUT2D eigenvalue weighted by molar-refractivity contribution is 6.10. The molecule has 7 nitrogen and oxygen atoms in total. The lowest BCUT2D eigenvalue weighted by atomic mass is 10.0. The van der Waals surface area contributed by atoms with Crippen molar-refractivity contribution in [2.24, 2.45) is 10.9 Å². The summed E-state index contributed by atoms with van der Waals surface area (Å²) in [4.78, 5) is 41.2. The Labute approximate surface area is 247 Å². The van der Waals surface area contributed by atoms with Crippen LogP contribution in [0.3, 0.4) is 0 Å². The van der Waals surface area contributed by atoms with Gasteiger partial charge >= 0.3 is 17.9 Å². The van der Waals surface area contributed by atoms with E-state index in [2.05, 4.69) is 11.9 Å². The third kappa shape index (κ3) is 13.2. The predicted molar refractivity (Wildman–Crippen MR) is 163 cm³/mol. The van der Waals surface area contributed by atoms with Gasteiger partial charge in [-0.1, -0.05) is 117 Å². The van der Waals surface area contributed by atoms with Gasteiger partial charge in [0, 0.05) is 19.1 Å². The molecular formula is C34H53NO6. The Morgan fingerprint density at radius 2 is 1.17 bits per heavy atom. The second-order valence-electron chi connectivity index (χ2n) is 11.2. The number of aliphatic imine (C=N–C) groups is 1. The van der Waals surface area contributed by atoms with Gasteiger partial charge in [0.05, 0.1) is 17.9 Å². The highest BCUT2D eigenvalue weighted by Crippen LogP contribution is 2.29. The van der Waals surface area contributed by atoms with Gasteiger partial charge in [-0.3, -0.25) is 14.6 Å². The normalized spacial score (nSPS) is 15.2. The van der Waals surface area contributed by atoms with Gasteiger partial charge < -0.3 is 14.2 Å². The van der Waals surface area contributed by atoms with Crippen molar-refractivity contribution < 1.29 is 28.6 Å². The quantitative estimate of drug-likeness (QED) is 0.0597. The fraction of sp³-hybridized carbons (Fsp3) is 0.706. The number of esters is 3. The van der Waals surface area contributed by atoms with Crippen LogP contribution in [-0.4, -0.2) is 36.5 Å². The van der Waals surface area contributed by atoms with E-state index in [1.54, 1.807) is 38.1 Å². The molecule has 0 radical (unpaired) electrons. The molecule has 0 aromatic heterocycles. The lowest BCUT2D eigenvalue weighted by Crippen LogP contribution is -2.49. The molecule has 0 amide bonds. The van der Waals surface area contributed by atoms with Crippen molar-refractivity contribution in [2.75, 3.05) is 6.61 Å². The molecule has 0 unspecified atom stereocenters. The van der Waals surface area contributed by atoms with E-state index >= 15 is 0 Å². The smallest absolute Gasteiger partial charge is 0.338 e. The Morgan fingerprint density at radius 3 is 1.61 bits per heavy atom. The van der Waals surface area contributed by atoms with E-state index in [0.717, 1.165) is 12.8 Å². The SMILES string of the molecule is CCCCCCCCCCCCCCCCCCOC(=O)c1ccc(N=CC2C(=O)OC(CC)(CC)OC2=O)cc1. The molecule has 0 saturated carbocycles. The van der Waals surface area contributed by atoms with Gasteiger partial charge in [0.25, 0.3) is 5.79 Å².